The van der Waals surface area contributed by atoms with Crippen LogP contribution in [0.3, 0.4) is 0 Å². The zero-order valence-corrected chi connectivity index (χ0v) is 18.0. The van der Waals surface area contributed by atoms with Gasteiger partial charge < -0.3 is 15.2 Å². The quantitative estimate of drug-likeness (QED) is 0.612. The van der Waals surface area contributed by atoms with Crippen molar-refractivity contribution < 1.29 is 24.2 Å². The first-order chi connectivity index (χ1) is 14.4. The summed E-state index contributed by atoms with van der Waals surface area (Å²) in [5.41, 5.74) is 1.71. The number of benzene rings is 1. The van der Waals surface area contributed by atoms with Crippen LogP contribution in [-0.2, 0) is 14.3 Å². The number of fused-ring (bicyclic) bond motifs is 2. The van der Waals surface area contributed by atoms with Crippen molar-refractivity contribution >= 4 is 45.8 Å². The average Bonchev–Trinajstić information content (AvgIpc) is 3.42. The first-order valence-corrected chi connectivity index (χ1v) is 11.2. The molecule has 2 saturated carbocycles. The van der Waals surface area contributed by atoms with E-state index in [-0.39, 0.29) is 29.9 Å². The molecule has 2 fully saturated rings. The Labute approximate surface area is 183 Å². The fourth-order valence-electron chi connectivity index (χ4n) is 4.92. The fraction of sp³-hybridized carbons (Fsp3) is 0.409. The molecule has 4 rings (SSSR count). The van der Waals surface area contributed by atoms with Crippen molar-refractivity contribution in [1.29, 1.82) is 0 Å². The molecule has 0 spiro atoms. The lowest BCUT2D eigenvalue weighted by molar-refractivity contribution is -0.148. The number of esters is 1. The molecule has 0 aliphatic heterocycles. The van der Waals surface area contributed by atoms with Gasteiger partial charge in [-0.15, -0.1) is 11.3 Å². The van der Waals surface area contributed by atoms with Crippen molar-refractivity contribution in [3.8, 4) is 11.1 Å². The van der Waals surface area contributed by atoms with Crippen LogP contribution in [-0.4, -0.2) is 29.6 Å². The number of carbonyl (C=O) groups is 3. The summed E-state index contributed by atoms with van der Waals surface area (Å²) < 4.78 is 5.22. The average molecular weight is 448 g/mol. The number of ether oxygens (including phenoxy) is 1. The molecule has 1 amide bonds. The summed E-state index contributed by atoms with van der Waals surface area (Å²) in [5.74, 6) is -2.87. The highest BCUT2D eigenvalue weighted by atomic mass is 35.5. The van der Waals surface area contributed by atoms with Gasteiger partial charge in [-0.25, -0.2) is 4.79 Å². The molecule has 8 heteroatoms. The molecule has 1 aromatic heterocycles. The number of hydrogen-bond donors (Lipinski definition) is 2. The van der Waals surface area contributed by atoms with Gasteiger partial charge >= 0.3 is 11.9 Å². The molecule has 4 atom stereocenters. The number of amides is 1. The zero-order chi connectivity index (χ0) is 21.4. The first-order valence-electron chi connectivity index (χ1n) is 9.99. The van der Waals surface area contributed by atoms with Crippen LogP contribution in [0.5, 0.6) is 0 Å². The highest BCUT2D eigenvalue weighted by molar-refractivity contribution is 7.15. The van der Waals surface area contributed by atoms with Crippen LogP contribution >= 0.6 is 22.9 Å². The van der Waals surface area contributed by atoms with Crippen molar-refractivity contribution in [2.75, 3.05) is 11.9 Å². The van der Waals surface area contributed by atoms with Gasteiger partial charge in [0.05, 0.1) is 18.4 Å². The van der Waals surface area contributed by atoms with E-state index in [4.69, 9.17) is 16.3 Å². The van der Waals surface area contributed by atoms with E-state index in [2.05, 4.69) is 5.32 Å². The fourth-order valence-corrected chi connectivity index (χ4v) is 6.00. The van der Waals surface area contributed by atoms with Crippen molar-refractivity contribution in [1.82, 2.24) is 0 Å². The number of carboxylic acid groups (broad SMARTS) is 1. The first kappa shape index (κ1) is 20.9. The van der Waals surface area contributed by atoms with E-state index in [9.17, 15) is 19.5 Å². The van der Waals surface area contributed by atoms with E-state index in [0.29, 0.717) is 15.6 Å². The van der Waals surface area contributed by atoms with Crippen molar-refractivity contribution in [2.24, 2.45) is 23.7 Å². The molecule has 2 bridgehead atoms. The smallest absolute Gasteiger partial charge is 0.341 e. The van der Waals surface area contributed by atoms with Gasteiger partial charge in [-0.2, -0.15) is 0 Å². The topological polar surface area (TPSA) is 92.7 Å². The van der Waals surface area contributed by atoms with Gasteiger partial charge in [-0.1, -0.05) is 23.7 Å². The number of hydrogen-bond acceptors (Lipinski definition) is 5. The summed E-state index contributed by atoms with van der Waals surface area (Å²) in [6.45, 7) is 1.92. The van der Waals surface area contributed by atoms with Crippen LogP contribution in [0.2, 0.25) is 5.02 Å². The minimum Gasteiger partial charge on any atom is -0.481 e. The van der Waals surface area contributed by atoms with Crippen LogP contribution in [0.15, 0.2) is 29.6 Å². The molecule has 2 N–H and O–H groups in total. The molecule has 6 nitrogen and oxygen atoms in total. The predicted molar refractivity (Wildman–Crippen MR) is 115 cm³/mol. The van der Waals surface area contributed by atoms with Gasteiger partial charge in [0.1, 0.15) is 10.6 Å². The van der Waals surface area contributed by atoms with Crippen LogP contribution in [0.25, 0.3) is 11.1 Å². The number of rotatable bonds is 6. The van der Waals surface area contributed by atoms with E-state index >= 15 is 0 Å². The van der Waals surface area contributed by atoms with E-state index in [1.54, 1.807) is 36.6 Å². The number of halogens is 1. The number of nitrogens with one attached hydrogen (secondary N) is 1. The second-order valence-electron chi connectivity index (χ2n) is 7.79. The largest absolute Gasteiger partial charge is 0.481 e. The van der Waals surface area contributed by atoms with Crippen LogP contribution < -0.4 is 5.32 Å². The normalized spacial score (nSPS) is 24.6. The van der Waals surface area contributed by atoms with Gasteiger partial charge in [0.15, 0.2) is 0 Å². The Morgan fingerprint density at radius 1 is 1.17 bits per heavy atom. The second-order valence-corrected chi connectivity index (χ2v) is 9.11. The molecular formula is C22H22ClNO5S. The van der Waals surface area contributed by atoms with E-state index < -0.39 is 23.8 Å². The minimum absolute atomic E-state index is 0.0562. The molecule has 0 saturated heterocycles. The highest BCUT2D eigenvalue weighted by Gasteiger charge is 2.54. The predicted octanol–water partition coefficient (Wildman–Crippen LogP) is 4.93. The Morgan fingerprint density at radius 3 is 2.47 bits per heavy atom. The van der Waals surface area contributed by atoms with Gasteiger partial charge in [0, 0.05) is 16.0 Å². The maximum Gasteiger partial charge on any atom is 0.341 e. The molecule has 30 heavy (non-hydrogen) atoms. The Kier molecular flexibility index (Phi) is 5.84. The lowest BCUT2D eigenvalue weighted by Crippen LogP contribution is -2.37. The molecule has 2 aliphatic rings. The summed E-state index contributed by atoms with van der Waals surface area (Å²) in [6.07, 6.45) is 2.51. The molecule has 1 heterocycles. The van der Waals surface area contributed by atoms with Crippen molar-refractivity contribution in [3.05, 3.63) is 40.2 Å². The van der Waals surface area contributed by atoms with Crippen LogP contribution in [0, 0.1) is 23.7 Å². The maximum atomic E-state index is 13.1. The Hall–Kier alpha value is -2.38. The van der Waals surface area contributed by atoms with Gasteiger partial charge in [-0.3, -0.25) is 9.59 Å². The maximum absolute atomic E-state index is 13.1. The third-order valence-electron chi connectivity index (χ3n) is 6.17. The Balaban J connectivity index is 1.65. The molecule has 158 valence electrons. The Bertz CT molecular complexity index is 986. The third kappa shape index (κ3) is 3.72. The van der Waals surface area contributed by atoms with Gasteiger partial charge in [0.25, 0.3) is 0 Å². The van der Waals surface area contributed by atoms with E-state index in [0.717, 1.165) is 24.8 Å². The van der Waals surface area contributed by atoms with E-state index in [1.807, 2.05) is 0 Å². The van der Waals surface area contributed by atoms with Gasteiger partial charge in [-0.05, 0) is 55.7 Å². The molecule has 0 unspecified atom stereocenters. The SMILES string of the molecule is CCOC(=O)c1c(-c2ccc(Cl)cc2)csc1NC(=O)[C@H]1[C@H]2CC[C@@H](C2)[C@H]1C(=O)O. The highest BCUT2D eigenvalue weighted by Crippen LogP contribution is 2.53. The minimum atomic E-state index is -0.916. The lowest BCUT2D eigenvalue weighted by atomic mass is 9.79. The van der Waals surface area contributed by atoms with Crippen molar-refractivity contribution in [3.63, 3.8) is 0 Å². The number of aliphatic carboxylic acids is 1. The molecule has 0 radical (unpaired) electrons. The molecule has 2 aliphatic carbocycles. The van der Waals surface area contributed by atoms with Gasteiger partial charge in [0.2, 0.25) is 5.91 Å². The molecule has 1 aromatic carbocycles. The summed E-state index contributed by atoms with van der Waals surface area (Å²) >= 11 is 7.21. The zero-order valence-electron chi connectivity index (χ0n) is 16.4. The number of carboxylic acids is 1. The Morgan fingerprint density at radius 2 is 1.83 bits per heavy atom. The summed E-state index contributed by atoms with van der Waals surface area (Å²) in [6, 6.07) is 7.06. The van der Waals surface area contributed by atoms with Crippen LogP contribution in [0.1, 0.15) is 36.5 Å². The van der Waals surface area contributed by atoms with E-state index in [1.165, 1.54) is 11.3 Å². The molecular weight excluding hydrogens is 426 g/mol. The number of carbonyl (C=O) groups excluding carboxylic acids is 2. The standard InChI is InChI=1S/C22H22ClNO5S/c1-2-29-22(28)18-15(11-5-7-14(23)8-6-11)10-30-20(18)24-19(25)16-12-3-4-13(9-12)17(16)21(26)27/h5-8,10,12-13,16-17H,2-4,9H2,1H3,(H,24,25)(H,26,27)/t12-,13-,16-,17+/m0/s1. The summed E-state index contributed by atoms with van der Waals surface area (Å²) in [4.78, 5) is 37.6. The summed E-state index contributed by atoms with van der Waals surface area (Å²) in [5, 5.41) is 15.3. The summed E-state index contributed by atoms with van der Waals surface area (Å²) in [7, 11) is 0. The van der Waals surface area contributed by atoms with Crippen LogP contribution in [0.4, 0.5) is 5.00 Å². The second kappa shape index (κ2) is 8.40. The lowest BCUT2D eigenvalue weighted by Gasteiger charge is -2.26. The number of thiophene rings is 1. The monoisotopic (exact) mass is 447 g/mol. The van der Waals surface area contributed by atoms with Crippen molar-refractivity contribution in [2.45, 2.75) is 26.2 Å². The third-order valence-corrected chi connectivity index (χ3v) is 7.31. The number of anilines is 1. The molecule has 2 aromatic rings.